The number of hydrogen-bond donors (Lipinski definition) is 2. The molecule has 0 aliphatic rings. The van der Waals surface area contributed by atoms with Gasteiger partial charge in [-0.15, -0.1) is 11.3 Å². The summed E-state index contributed by atoms with van der Waals surface area (Å²) in [4.78, 5) is 15.4. The number of nitrogens with zero attached hydrogens (tertiary/aromatic N) is 1. The van der Waals surface area contributed by atoms with Crippen molar-refractivity contribution in [3.05, 3.63) is 59.5 Å². The Morgan fingerprint density at radius 1 is 0.952 bits per heavy atom. The molecule has 104 valence electrons. The maximum Gasteiger partial charge on any atom is 0.335 e. The molecule has 0 spiro atoms. The first-order valence-electron chi connectivity index (χ1n) is 6.22. The Kier molecular flexibility index (Phi) is 3.41. The number of thiazole rings is 1. The molecular weight excluding hydrogens is 286 g/mol. The van der Waals surface area contributed by atoms with Gasteiger partial charge in [0.1, 0.15) is 10.8 Å². The lowest BCUT2D eigenvalue weighted by Crippen LogP contribution is -1.94. The highest BCUT2D eigenvalue weighted by atomic mass is 32.1. The van der Waals surface area contributed by atoms with Crippen LogP contribution in [0.2, 0.25) is 0 Å². The van der Waals surface area contributed by atoms with E-state index in [0.717, 1.165) is 21.8 Å². The molecule has 0 unspecified atom stereocenters. The summed E-state index contributed by atoms with van der Waals surface area (Å²) in [6.07, 6.45) is 0. The van der Waals surface area contributed by atoms with Crippen LogP contribution in [0.3, 0.4) is 0 Å². The number of carboxylic acid groups (broad SMARTS) is 1. The second-order valence-corrected chi connectivity index (χ2v) is 5.33. The fourth-order valence-electron chi connectivity index (χ4n) is 1.93. The fraction of sp³-hybridized carbons (Fsp3) is 0. The van der Waals surface area contributed by atoms with Crippen LogP contribution >= 0.6 is 11.3 Å². The molecule has 0 aliphatic heterocycles. The second-order valence-electron chi connectivity index (χ2n) is 4.47. The molecule has 21 heavy (non-hydrogen) atoms. The van der Waals surface area contributed by atoms with Crippen molar-refractivity contribution in [3.8, 4) is 27.6 Å². The summed E-state index contributed by atoms with van der Waals surface area (Å²) >= 11 is 1.50. The Morgan fingerprint density at radius 3 is 2.19 bits per heavy atom. The number of phenolic OH excluding ortho intramolecular Hbond substituents is 1. The van der Waals surface area contributed by atoms with E-state index >= 15 is 0 Å². The van der Waals surface area contributed by atoms with Crippen molar-refractivity contribution in [2.75, 3.05) is 0 Å². The molecule has 0 radical (unpaired) electrons. The number of phenols is 1. The minimum Gasteiger partial charge on any atom is -0.508 e. The fourth-order valence-corrected chi connectivity index (χ4v) is 2.76. The summed E-state index contributed by atoms with van der Waals surface area (Å²) in [7, 11) is 0. The number of aromatic carboxylic acids is 1. The Labute approximate surface area is 125 Å². The van der Waals surface area contributed by atoms with Crippen LogP contribution < -0.4 is 0 Å². The third-order valence-electron chi connectivity index (χ3n) is 3.05. The monoisotopic (exact) mass is 297 g/mol. The van der Waals surface area contributed by atoms with E-state index in [9.17, 15) is 9.90 Å². The van der Waals surface area contributed by atoms with E-state index in [-0.39, 0.29) is 11.3 Å². The molecule has 2 aromatic carbocycles. The maximum absolute atomic E-state index is 10.8. The van der Waals surface area contributed by atoms with E-state index in [1.165, 1.54) is 11.3 Å². The van der Waals surface area contributed by atoms with Crippen LogP contribution in [0, 0.1) is 0 Å². The molecule has 1 aromatic heterocycles. The van der Waals surface area contributed by atoms with Crippen molar-refractivity contribution in [1.82, 2.24) is 4.98 Å². The van der Waals surface area contributed by atoms with Gasteiger partial charge in [0.15, 0.2) is 0 Å². The van der Waals surface area contributed by atoms with Crippen molar-refractivity contribution < 1.29 is 15.0 Å². The molecule has 0 atom stereocenters. The van der Waals surface area contributed by atoms with Gasteiger partial charge in [-0.1, -0.05) is 12.1 Å². The molecule has 0 amide bonds. The van der Waals surface area contributed by atoms with Crippen molar-refractivity contribution in [1.29, 1.82) is 0 Å². The van der Waals surface area contributed by atoms with Gasteiger partial charge in [0.2, 0.25) is 0 Å². The van der Waals surface area contributed by atoms with Crippen LogP contribution in [0.1, 0.15) is 10.4 Å². The summed E-state index contributed by atoms with van der Waals surface area (Å²) in [5.74, 6) is -0.718. The normalized spacial score (nSPS) is 10.5. The summed E-state index contributed by atoms with van der Waals surface area (Å²) < 4.78 is 0. The molecule has 0 saturated heterocycles. The zero-order valence-corrected chi connectivity index (χ0v) is 11.7. The first-order valence-corrected chi connectivity index (χ1v) is 7.10. The van der Waals surface area contributed by atoms with E-state index in [0.29, 0.717) is 0 Å². The third-order valence-corrected chi connectivity index (χ3v) is 3.94. The van der Waals surface area contributed by atoms with Gasteiger partial charge in [-0.2, -0.15) is 0 Å². The second kappa shape index (κ2) is 5.38. The van der Waals surface area contributed by atoms with E-state index < -0.39 is 5.97 Å². The molecule has 3 rings (SSSR count). The number of hydrogen-bond acceptors (Lipinski definition) is 4. The summed E-state index contributed by atoms with van der Waals surface area (Å²) in [5, 5.41) is 21.0. The third kappa shape index (κ3) is 2.78. The molecule has 3 aromatic rings. The zero-order chi connectivity index (χ0) is 14.8. The molecule has 2 N–H and O–H groups in total. The van der Waals surface area contributed by atoms with E-state index in [2.05, 4.69) is 4.98 Å². The predicted octanol–water partition coefficient (Wildman–Crippen LogP) is 3.88. The zero-order valence-electron chi connectivity index (χ0n) is 10.9. The maximum atomic E-state index is 10.8. The lowest BCUT2D eigenvalue weighted by molar-refractivity contribution is 0.0697. The first kappa shape index (κ1) is 13.3. The highest BCUT2D eigenvalue weighted by molar-refractivity contribution is 7.13. The number of benzene rings is 2. The predicted molar refractivity (Wildman–Crippen MR) is 81.6 cm³/mol. The number of carbonyl (C=O) groups is 1. The molecule has 5 heteroatoms. The van der Waals surface area contributed by atoms with Crippen molar-refractivity contribution in [2.24, 2.45) is 0 Å². The van der Waals surface area contributed by atoms with Gasteiger partial charge in [-0.05, 0) is 36.4 Å². The van der Waals surface area contributed by atoms with Gasteiger partial charge in [-0.25, -0.2) is 9.78 Å². The Hall–Kier alpha value is -2.66. The van der Waals surface area contributed by atoms with Crippen LogP contribution in [0.25, 0.3) is 21.8 Å². The van der Waals surface area contributed by atoms with Crippen LogP contribution in [-0.2, 0) is 0 Å². The molecule has 0 saturated carbocycles. The first-order chi connectivity index (χ1) is 10.1. The number of rotatable bonds is 3. The summed E-state index contributed by atoms with van der Waals surface area (Å²) in [6.45, 7) is 0. The molecule has 0 aliphatic carbocycles. The molecular formula is C16H11NO3S. The topological polar surface area (TPSA) is 70.4 Å². The molecule has 4 nitrogen and oxygen atoms in total. The van der Waals surface area contributed by atoms with Crippen LogP contribution in [0.4, 0.5) is 0 Å². The lowest BCUT2D eigenvalue weighted by atomic mass is 10.1. The van der Waals surface area contributed by atoms with Gasteiger partial charge in [-0.3, -0.25) is 0 Å². The van der Waals surface area contributed by atoms with Crippen LogP contribution in [0.15, 0.2) is 53.9 Å². The highest BCUT2D eigenvalue weighted by Crippen LogP contribution is 2.29. The van der Waals surface area contributed by atoms with Crippen molar-refractivity contribution >= 4 is 17.3 Å². The highest BCUT2D eigenvalue weighted by Gasteiger charge is 2.08. The minimum atomic E-state index is -0.940. The van der Waals surface area contributed by atoms with Crippen LogP contribution in [0.5, 0.6) is 5.75 Å². The Morgan fingerprint density at radius 2 is 1.57 bits per heavy atom. The van der Waals surface area contributed by atoms with Crippen LogP contribution in [-0.4, -0.2) is 21.2 Å². The Bertz CT molecular complexity index is 776. The van der Waals surface area contributed by atoms with Gasteiger partial charge < -0.3 is 10.2 Å². The van der Waals surface area contributed by atoms with E-state index in [4.69, 9.17) is 5.11 Å². The SMILES string of the molecule is O=C(O)c1ccc(-c2csc(-c3ccc(O)cc3)n2)cc1. The van der Waals surface area contributed by atoms with E-state index in [1.54, 1.807) is 36.4 Å². The number of aromatic nitrogens is 1. The molecule has 1 heterocycles. The number of carboxylic acids is 1. The van der Waals surface area contributed by atoms with Crippen molar-refractivity contribution in [2.45, 2.75) is 0 Å². The standard InChI is InChI=1S/C16H11NO3S/c18-13-7-5-11(6-8-13)15-17-14(9-21-15)10-1-3-12(4-2-10)16(19)20/h1-9,18H,(H,19,20). The molecule has 0 fully saturated rings. The summed E-state index contributed by atoms with van der Waals surface area (Å²) in [6, 6.07) is 13.5. The van der Waals surface area contributed by atoms with E-state index in [1.807, 2.05) is 17.5 Å². The van der Waals surface area contributed by atoms with Gasteiger partial charge in [0.05, 0.1) is 11.3 Å². The average molecular weight is 297 g/mol. The van der Waals surface area contributed by atoms with Gasteiger partial charge >= 0.3 is 5.97 Å². The molecule has 0 bridgehead atoms. The Balaban J connectivity index is 1.90. The lowest BCUT2D eigenvalue weighted by Gasteiger charge is -1.99. The van der Waals surface area contributed by atoms with Crippen molar-refractivity contribution in [3.63, 3.8) is 0 Å². The largest absolute Gasteiger partial charge is 0.508 e. The van der Waals surface area contributed by atoms with Gasteiger partial charge in [0, 0.05) is 16.5 Å². The van der Waals surface area contributed by atoms with Gasteiger partial charge in [0.25, 0.3) is 0 Å². The number of aromatic hydroxyl groups is 1. The smallest absolute Gasteiger partial charge is 0.335 e. The minimum absolute atomic E-state index is 0.222. The quantitative estimate of drug-likeness (QED) is 0.769. The average Bonchev–Trinajstić information content (AvgIpc) is 2.98. The summed E-state index contributed by atoms with van der Waals surface area (Å²) in [5.41, 5.74) is 2.88.